The second kappa shape index (κ2) is 8.20. The molecule has 0 aliphatic carbocycles. The van der Waals surface area contributed by atoms with Crippen molar-refractivity contribution in [3.05, 3.63) is 63.0 Å². The van der Waals surface area contributed by atoms with Gasteiger partial charge in [-0.2, -0.15) is 5.10 Å². The van der Waals surface area contributed by atoms with E-state index in [2.05, 4.69) is 25.5 Å². The van der Waals surface area contributed by atoms with Crippen molar-refractivity contribution >= 4 is 51.0 Å². The first-order valence-corrected chi connectivity index (χ1v) is 10.5. The van der Waals surface area contributed by atoms with Gasteiger partial charge in [0.25, 0.3) is 5.69 Å². The van der Waals surface area contributed by atoms with Gasteiger partial charge in [0, 0.05) is 35.9 Å². The van der Waals surface area contributed by atoms with E-state index in [1.54, 1.807) is 35.9 Å². The molecule has 0 saturated carbocycles. The van der Waals surface area contributed by atoms with Crippen molar-refractivity contribution < 1.29 is 4.92 Å². The Labute approximate surface area is 180 Å². The van der Waals surface area contributed by atoms with E-state index in [0.717, 1.165) is 15.8 Å². The van der Waals surface area contributed by atoms with Crippen LogP contribution in [-0.4, -0.2) is 30.7 Å². The number of nitro benzene ring substituents is 1. The Kier molecular flexibility index (Phi) is 5.46. The van der Waals surface area contributed by atoms with E-state index in [-0.39, 0.29) is 5.69 Å². The van der Waals surface area contributed by atoms with Crippen LogP contribution in [0.15, 0.2) is 52.1 Å². The van der Waals surface area contributed by atoms with Gasteiger partial charge in [-0.15, -0.1) is 11.3 Å². The molecule has 3 aromatic heterocycles. The molecule has 0 aliphatic rings. The van der Waals surface area contributed by atoms with Gasteiger partial charge in [0.15, 0.2) is 11.0 Å². The van der Waals surface area contributed by atoms with Crippen LogP contribution in [0.3, 0.4) is 0 Å². The molecule has 4 rings (SSSR count). The first kappa shape index (κ1) is 20.0. The lowest BCUT2D eigenvalue weighted by atomic mass is 10.2. The first-order chi connectivity index (χ1) is 14.4. The third-order valence-electron chi connectivity index (χ3n) is 4.51. The van der Waals surface area contributed by atoms with Crippen LogP contribution in [0.4, 0.5) is 11.5 Å². The molecule has 1 N–H and O–H groups in total. The van der Waals surface area contributed by atoms with Crippen LogP contribution in [0.25, 0.3) is 10.2 Å². The molecule has 0 aliphatic heterocycles. The van der Waals surface area contributed by atoms with Gasteiger partial charge in [0.2, 0.25) is 0 Å². The van der Waals surface area contributed by atoms with E-state index in [9.17, 15) is 10.1 Å². The molecule has 1 aromatic carbocycles. The van der Waals surface area contributed by atoms with Gasteiger partial charge in [-0.1, -0.05) is 6.07 Å². The topological polar surface area (TPSA) is 111 Å². The van der Waals surface area contributed by atoms with Gasteiger partial charge in [-0.05, 0) is 37.2 Å². The summed E-state index contributed by atoms with van der Waals surface area (Å²) in [6.07, 6.45) is 6.47. The van der Waals surface area contributed by atoms with Crippen molar-refractivity contribution in [1.82, 2.24) is 19.5 Å². The minimum absolute atomic E-state index is 0.000630. The molecule has 0 saturated heterocycles. The zero-order valence-electron chi connectivity index (χ0n) is 16.4. The molecule has 0 amide bonds. The molecule has 152 valence electrons. The number of benzene rings is 1. The van der Waals surface area contributed by atoms with Gasteiger partial charge >= 0.3 is 0 Å². The van der Waals surface area contributed by atoms with Crippen molar-refractivity contribution in [2.75, 3.05) is 5.43 Å². The predicted molar refractivity (Wildman–Crippen MR) is 119 cm³/mol. The Bertz CT molecular complexity index is 1280. The number of hydrogen-bond donors (Lipinski definition) is 1. The van der Waals surface area contributed by atoms with Crippen LogP contribution < -0.4 is 5.43 Å². The molecule has 0 fully saturated rings. The molecule has 4 aromatic rings. The number of nitrogens with zero attached hydrogens (tertiary/aromatic N) is 6. The average Bonchev–Trinajstić information content (AvgIpc) is 3.25. The average molecular weight is 440 g/mol. The number of fused-ring (bicyclic) bond motifs is 1. The van der Waals surface area contributed by atoms with Crippen LogP contribution in [0.1, 0.15) is 16.0 Å². The number of imidazole rings is 1. The highest BCUT2D eigenvalue weighted by Gasteiger charge is 2.17. The summed E-state index contributed by atoms with van der Waals surface area (Å²) in [6, 6.07) is 4.97. The van der Waals surface area contributed by atoms with Gasteiger partial charge in [0.1, 0.15) is 11.2 Å². The lowest BCUT2D eigenvalue weighted by Gasteiger charge is -2.04. The SMILES string of the molecule is Cc1sc2ncnc(N/N=C/c3ccc(Sc4nccn4C)c([N+](=O)[O-])c3)c2c1C. The number of thiophene rings is 1. The predicted octanol–water partition coefficient (Wildman–Crippen LogP) is 4.55. The number of aromatic nitrogens is 4. The number of hydrogen-bond acceptors (Lipinski definition) is 9. The maximum Gasteiger partial charge on any atom is 0.283 e. The van der Waals surface area contributed by atoms with Crippen LogP contribution >= 0.6 is 23.1 Å². The third kappa shape index (κ3) is 3.89. The summed E-state index contributed by atoms with van der Waals surface area (Å²) >= 11 is 2.85. The molecular formula is C19H17N7O2S2. The first-order valence-electron chi connectivity index (χ1n) is 8.87. The fourth-order valence-electron chi connectivity index (χ4n) is 2.83. The van der Waals surface area contributed by atoms with Crippen molar-refractivity contribution in [3.63, 3.8) is 0 Å². The van der Waals surface area contributed by atoms with Crippen molar-refractivity contribution in [2.24, 2.45) is 12.1 Å². The maximum absolute atomic E-state index is 11.6. The van der Waals surface area contributed by atoms with E-state index in [1.807, 2.05) is 25.5 Å². The smallest absolute Gasteiger partial charge is 0.283 e. The zero-order valence-corrected chi connectivity index (χ0v) is 18.0. The Morgan fingerprint density at radius 2 is 2.13 bits per heavy atom. The molecule has 11 heteroatoms. The monoisotopic (exact) mass is 439 g/mol. The van der Waals surface area contributed by atoms with E-state index in [1.165, 1.54) is 35.2 Å². The maximum atomic E-state index is 11.6. The fraction of sp³-hybridized carbons (Fsp3) is 0.158. The van der Waals surface area contributed by atoms with Crippen molar-refractivity contribution in [2.45, 2.75) is 23.9 Å². The lowest BCUT2D eigenvalue weighted by Crippen LogP contribution is -1.97. The Hall–Kier alpha value is -3.31. The highest BCUT2D eigenvalue weighted by Crippen LogP contribution is 2.34. The van der Waals surface area contributed by atoms with Crippen molar-refractivity contribution in [3.8, 4) is 0 Å². The Balaban J connectivity index is 1.58. The number of nitro groups is 1. The molecule has 30 heavy (non-hydrogen) atoms. The molecule has 0 bridgehead atoms. The van der Waals surface area contributed by atoms with E-state index in [4.69, 9.17) is 0 Å². The second-order valence-corrected chi connectivity index (χ2v) is 8.68. The molecule has 0 radical (unpaired) electrons. The fourth-order valence-corrected chi connectivity index (χ4v) is 4.71. The number of aryl methyl sites for hydroxylation is 3. The molecule has 0 atom stereocenters. The van der Waals surface area contributed by atoms with Crippen LogP contribution in [0.2, 0.25) is 0 Å². The van der Waals surface area contributed by atoms with Gasteiger partial charge in [-0.3, -0.25) is 15.5 Å². The van der Waals surface area contributed by atoms with Gasteiger partial charge in [0.05, 0.1) is 21.4 Å². The molecule has 9 nitrogen and oxygen atoms in total. The van der Waals surface area contributed by atoms with E-state index < -0.39 is 4.92 Å². The minimum Gasteiger partial charge on any atom is -0.329 e. The largest absolute Gasteiger partial charge is 0.329 e. The summed E-state index contributed by atoms with van der Waals surface area (Å²) in [5.41, 5.74) is 4.64. The normalized spacial score (nSPS) is 11.4. The number of nitrogens with one attached hydrogen (secondary N) is 1. The molecule has 3 heterocycles. The van der Waals surface area contributed by atoms with Crippen molar-refractivity contribution in [1.29, 1.82) is 0 Å². The second-order valence-electron chi connectivity index (χ2n) is 6.46. The van der Waals surface area contributed by atoms with Crippen LogP contribution in [0, 0.1) is 24.0 Å². The lowest BCUT2D eigenvalue weighted by molar-refractivity contribution is -0.387. The number of hydrazone groups is 1. The third-order valence-corrected chi connectivity index (χ3v) is 6.76. The molecule has 0 unspecified atom stereocenters. The van der Waals surface area contributed by atoms with E-state index >= 15 is 0 Å². The summed E-state index contributed by atoms with van der Waals surface area (Å²) in [5, 5.41) is 17.4. The highest BCUT2D eigenvalue weighted by atomic mass is 32.2. The Morgan fingerprint density at radius 1 is 1.30 bits per heavy atom. The number of anilines is 1. The highest BCUT2D eigenvalue weighted by molar-refractivity contribution is 7.99. The summed E-state index contributed by atoms with van der Waals surface area (Å²) in [7, 11) is 1.84. The molecule has 0 spiro atoms. The van der Waals surface area contributed by atoms with Gasteiger partial charge < -0.3 is 4.57 Å². The van der Waals surface area contributed by atoms with E-state index in [0.29, 0.717) is 21.4 Å². The zero-order chi connectivity index (χ0) is 21.3. The summed E-state index contributed by atoms with van der Waals surface area (Å²) in [4.78, 5) is 26.5. The molecular weight excluding hydrogens is 422 g/mol. The minimum atomic E-state index is -0.401. The van der Waals surface area contributed by atoms with Gasteiger partial charge in [-0.25, -0.2) is 15.0 Å². The quantitative estimate of drug-likeness (QED) is 0.266. The summed E-state index contributed by atoms with van der Waals surface area (Å²) < 4.78 is 1.81. The standard InChI is InChI=1S/C19H17N7O2S2/c1-11-12(2)29-18-16(11)17(21-10-22-18)24-23-9-13-4-5-15(14(8-13)26(27)28)30-19-20-6-7-25(19)3/h4-10H,1-3H3,(H,21,22,24)/b23-9+. The van der Waals surface area contributed by atoms with Crippen LogP contribution in [-0.2, 0) is 7.05 Å². The summed E-state index contributed by atoms with van der Waals surface area (Å²) in [5.74, 6) is 0.606. The summed E-state index contributed by atoms with van der Waals surface area (Å²) in [6.45, 7) is 4.06. The Morgan fingerprint density at radius 3 is 2.87 bits per heavy atom. The van der Waals surface area contributed by atoms with Crippen LogP contribution in [0.5, 0.6) is 0 Å². The number of rotatable bonds is 6.